The number of amides is 1. The summed E-state index contributed by atoms with van der Waals surface area (Å²) in [6, 6.07) is 3.26. The molecule has 1 saturated heterocycles. The molecule has 2 bridgehead atoms. The molecular weight excluding hydrogens is 358 g/mol. The van der Waals surface area contributed by atoms with Crippen LogP contribution in [0.4, 0.5) is 0 Å². The SMILES string of the molecule is NC1C2CCC(C2)C1C(=O)N1CCC(NS(=O)(=O)c2cccs2)CC1. The van der Waals surface area contributed by atoms with E-state index in [1.54, 1.807) is 17.5 Å². The van der Waals surface area contributed by atoms with Crippen LogP contribution in [0.1, 0.15) is 32.1 Å². The van der Waals surface area contributed by atoms with Gasteiger partial charge < -0.3 is 10.6 Å². The number of hydrogen-bond acceptors (Lipinski definition) is 5. The Morgan fingerprint density at radius 2 is 1.92 bits per heavy atom. The number of thiophene rings is 1. The Bertz CT molecular complexity index is 724. The number of fused-ring (bicyclic) bond motifs is 2. The van der Waals surface area contributed by atoms with Crippen molar-refractivity contribution >= 4 is 27.3 Å². The van der Waals surface area contributed by atoms with Gasteiger partial charge in [-0.3, -0.25) is 4.79 Å². The second-order valence-corrected chi connectivity index (χ2v) is 10.5. The van der Waals surface area contributed by atoms with E-state index >= 15 is 0 Å². The van der Waals surface area contributed by atoms with E-state index in [4.69, 9.17) is 5.73 Å². The second kappa shape index (κ2) is 6.64. The van der Waals surface area contributed by atoms with Gasteiger partial charge in [-0.15, -0.1) is 11.3 Å². The van der Waals surface area contributed by atoms with Gasteiger partial charge in [0.1, 0.15) is 4.21 Å². The average molecular weight is 384 g/mol. The number of piperidine rings is 1. The maximum Gasteiger partial charge on any atom is 0.250 e. The minimum Gasteiger partial charge on any atom is -0.342 e. The van der Waals surface area contributed by atoms with Crippen molar-refractivity contribution in [2.75, 3.05) is 13.1 Å². The minimum absolute atomic E-state index is 0.0151. The zero-order valence-electron chi connectivity index (χ0n) is 14.1. The smallest absolute Gasteiger partial charge is 0.250 e. The first-order chi connectivity index (χ1) is 12.0. The first-order valence-electron chi connectivity index (χ1n) is 9.06. The first kappa shape index (κ1) is 17.5. The van der Waals surface area contributed by atoms with Crippen molar-refractivity contribution in [1.82, 2.24) is 9.62 Å². The molecule has 138 valence electrons. The van der Waals surface area contributed by atoms with Crippen molar-refractivity contribution in [3.05, 3.63) is 17.5 Å². The molecule has 2 heterocycles. The van der Waals surface area contributed by atoms with Gasteiger partial charge in [-0.25, -0.2) is 13.1 Å². The molecule has 4 rings (SSSR count). The fourth-order valence-corrected chi connectivity index (χ4v) is 7.14. The van der Waals surface area contributed by atoms with E-state index in [1.165, 1.54) is 17.8 Å². The lowest BCUT2D eigenvalue weighted by molar-refractivity contribution is -0.138. The number of rotatable bonds is 4. The Hall–Kier alpha value is -0.960. The molecule has 3 fully saturated rings. The minimum atomic E-state index is -3.44. The van der Waals surface area contributed by atoms with Gasteiger partial charge in [-0.2, -0.15) is 0 Å². The van der Waals surface area contributed by atoms with Crippen LogP contribution in [-0.2, 0) is 14.8 Å². The molecule has 0 aromatic carbocycles. The molecule has 1 aliphatic heterocycles. The Morgan fingerprint density at radius 1 is 1.20 bits per heavy atom. The monoisotopic (exact) mass is 383 g/mol. The van der Waals surface area contributed by atoms with E-state index in [0.717, 1.165) is 12.8 Å². The maximum atomic E-state index is 12.9. The van der Waals surface area contributed by atoms with Crippen molar-refractivity contribution in [3.63, 3.8) is 0 Å². The third-order valence-corrected chi connectivity index (χ3v) is 9.07. The Balaban J connectivity index is 1.33. The Kier molecular flexibility index (Phi) is 4.64. The lowest BCUT2D eigenvalue weighted by atomic mass is 9.83. The molecule has 0 radical (unpaired) electrons. The van der Waals surface area contributed by atoms with Crippen molar-refractivity contribution in [2.24, 2.45) is 23.5 Å². The summed E-state index contributed by atoms with van der Waals surface area (Å²) in [5.41, 5.74) is 6.30. The van der Waals surface area contributed by atoms with Crippen molar-refractivity contribution in [3.8, 4) is 0 Å². The zero-order valence-corrected chi connectivity index (χ0v) is 15.8. The molecule has 4 unspecified atom stereocenters. The largest absolute Gasteiger partial charge is 0.342 e. The zero-order chi connectivity index (χ0) is 17.6. The van der Waals surface area contributed by atoms with Crippen LogP contribution in [0.3, 0.4) is 0 Å². The normalized spacial score (nSPS) is 33.1. The molecule has 1 aromatic rings. The van der Waals surface area contributed by atoms with Gasteiger partial charge in [-0.05, 0) is 55.4 Å². The predicted octanol–water partition coefficient (Wildman–Crippen LogP) is 1.39. The summed E-state index contributed by atoms with van der Waals surface area (Å²) in [6.07, 6.45) is 4.72. The highest BCUT2D eigenvalue weighted by Crippen LogP contribution is 2.48. The van der Waals surface area contributed by atoms with Crippen molar-refractivity contribution in [1.29, 1.82) is 0 Å². The number of likely N-dealkylation sites (tertiary alicyclic amines) is 1. The van der Waals surface area contributed by atoms with Crippen LogP contribution in [0.25, 0.3) is 0 Å². The molecule has 8 heteroatoms. The van der Waals surface area contributed by atoms with Gasteiger partial charge in [0.2, 0.25) is 15.9 Å². The average Bonchev–Trinajstić information content (AvgIpc) is 3.32. The van der Waals surface area contributed by atoms with Crippen LogP contribution >= 0.6 is 11.3 Å². The summed E-state index contributed by atoms with van der Waals surface area (Å²) in [5.74, 6) is 1.16. The molecular formula is C17H25N3O3S2. The van der Waals surface area contributed by atoms with Crippen LogP contribution in [0, 0.1) is 17.8 Å². The molecule has 25 heavy (non-hydrogen) atoms. The third-order valence-electron chi connectivity index (χ3n) is 6.15. The van der Waals surface area contributed by atoms with Crippen LogP contribution in [0.5, 0.6) is 0 Å². The highest BCUT2D eigenvalue weighted by molar-refractivity contribution is 7.91. The fraction of sp³-hybridized carbons (Fsp3) is 0.706. The predicted molar refractivity (Wildman–Crippen MR) is 96.5 cm³/mol. The van der Waals surface area contributed by atoms with Gasteiger partial charge >= 0.3 is 0 Å². The second-order valence-electron chi connectivity index (χ2n) is 7.59. The number of nitrogens with zero attached hydrogens (tertiary/aromatic N) is 1. The molecule has 2 aliphatic carbocycles. The topological polar surface area (TPSA) is 92.5 Å². The number of nitrogens with one attached hydrogen (secondary N) is 1. The standard InChI is InChI=1S/C17H25N3O3S2/c18-16-12-4-3-11(10-12)15(16)17(21)20-7-5-13(6-8-20)19-25(22,23)14-2-1-9-24-14/h1-2,9,11-13,15-16,19H,3-8,10,18H2. The molecule has 1 amide bonds. The van der Waals surface area contributed by atoms with E-state index < -0.39 is 10.0 Å². The third kappa shape index (κ3) is 3.25. The highest BCUT2D eigenvalue weighted by Gasteiger charge is 2.50. The Labute approximate surface area is 152 Å². The number of carbonyl (C=O) groups excluding carboxylic acids is 1. The lowest BCUT2D eigenvalue weighted by Gasteiger charge is -2.37. The molecule has 4 atom stereocenters. The van der Waals surface area contributed by atoms with Gasteiger partial charge in [0.25, 0.3) is 0 Å². The van der Waals surface area contributed by atoms with Crippen LogP contribution < -0.4 is 10.5 Å². The summed E-state index contributed by atoms with van der Waals surface area (Å²) < 4.78 is 27.8. The number of nitrogens with two attached hydrogens (primary N) is 1. The van der Waals surface area contributed by atoms with E-state index in [2.05, 4.69) is 4.72 Å². The molecule has 1 aromatic heterocycles. The summed E-state index contributed by atoms with van der Waals surface area (Å²) in [6.45, 7) is 1.22. The van der Waals surface area contributed by atoms with E-state index in [-0.39, 0.29) is 23.9 Å². The van der Waals surface area contributed by atoms with E-state index in [0.29, 0.717) is 42.0 Å². The molecule has 3 aliphatic rings. The highest BCUT2D eigenvalue weighted by atomic mass is 32.2. The number of carbonyl (C=O) groups is 1. The summed E-state index contributed by atoms with van der Waals surface area (Å²) in [7, 11) is -3.44. The number of sulfonamides is 1. The molecule has 0 spiro atoms. The number of hydrogen-bond donors (Lipinski definition) is 2. The Morgan fingerprint density at radius 3 is 2.52 bits per heavy atom. The van der Waals surface area contributed by atoms with Crippen molar-refractivity contribution < 1.29 is 13.2 Å². The van der Waals surface area contributed by atoms with Crippen LogP contribution in [0.2, 0.25) is 0 Å². The summed E-state index contributed by atoms with van der Waals surface area (Å²) in [5, 5.41) is 1.76. The maximum absolute atomic E-state index is 12.9. The van der Waals surface area contributed by atoms with Crippen LogP contribution in [-0.4, -0.2) is 44.4 Å². The molecule has 6 nitrogen and oxygen atoms in total. The van der Waals surface area contributed by atoms with Crippen LogP contribution in [0.15, 0.2) is 21.7 Å². The molecule has 3 N–H and O–H groups in total. The lowest BCUT2D eigenvalue weighted by Crippen LogP contribution is -2.51. The fourth-order valence-electron chi connectivity index (χ4n) is 4.82. The quantitative estimate of drug-likeness (QED) is 0.822. The van der Waals surface area contributed by atoms with Gasteiger partial charge in [0, 0.05) is 25.2 Å². The first-order valence-corrected chi connectivity index (χ1v) is 11.4. The van der Waals surface area contributed by atoms with E-state index in [1.807, 2.05) is 4.90 Å². The summed E-state index contributed by atoms with van der Waals surface area (Å²) in [4.78, 5) is 14.8. The van der Waals surface area contributed by atoms with Gasteiger partial charge in [0.05, 0.1) is 5.92 Å². The van der Waals surface area contributed by atoms with Gasteiger partial charge in [0.15, 0.2) is 0 Å². The van der Waals surface area contributed by atoms with E-state index in [9.17, 15) is 13.2 Å². The molecule has 2 saturated carbocycles. The summed E-state index contributed by atoms with van der Waals surface area (Å²) >= 11 is 1.22. The van der Waals surface area contributed by atoms with Gasteiger partial charge in [-0.1, -0.05) is 6.07 Å². The van der Waals surface area contributed by atoms with Crippen molar-refractivity contribution in [2.45, 2.75) is 48.4 Å².